The summed E-state index contributed by atoms with van der Waals surface area (Å²) >= 11 is 2.80. The lowest BCUT2D eigenvalue weighted by Gasteiger charge is -2.31. The standard InChI is InChI=1S/C26H22N2O3S2/c1-31-20-14-12-17(13-15-20)22-21(24(29)27-18-8-4-2-5-9-18)16-32-25-23(22)33-26(30)28(25)19-10-6-3-7-11-19/h2-15,21-22H,16H2,1H3,(H,27,29)/t21-,22-/m0/s1. The van der Waals surface area contributed by atoms with Crippen molar-refractivity contribution in [2.45, 2.75) is 10.9 Å². The van der Waals surface area contributed by atoms with Gasteiger partial charge >= 0.3 is 4.87 Å². The molecule has 0 unspecified atom stereocenters. The Bertz CT molecular complexity index is 1320. The molecule has 4 aromatic rings. The zero-order valence-electron chi connectivity index (χ0n) is 17.9. The van der Waals surface area contributed by atoms with Gasteiger partial charge < -0.3 is 10.1 Å². The molecular weight excluding hydrogens is 452 g/mol. The molecule has 0 spiro atoms. The van der Waals surface area contributed by atoms with Crippen molar-refractivity contribution in [3.05, 3.63) is 105 Å². The Hall–Kier alpha value is -3.29. The van der Waals surface area contributed by atoms with Crippen molar-refractivity contribution in [3.63, 3.8) is 0 Å². The van der Waals surface area contributed by atoms with E-state index in [1.807, 2.05) is 84.9 Å². The number of aromatic nitrogens is 1. The topological polar surface area (TPSA) is 60.3 Å². The molecule has 1 aliphatic heterocycles. The summed E-state index contributed by atoms with van der Waals surface area (Å²) in [7, 11) is 1.63. The number of ether oxygens (including phenoxy) is 1. The third-order valence-electron chi connectivity index (χ3n) is 5.75. The molecule has 0 fully saturated rings. The van der Waals surface area contributed by atoms with Crippen LogP contribution in [0.1, 0.15) is 16.4 Å². The average molecular weight is 475 g/mol. The van der Waals surface area contributed by atoms with Crippen LogP contribution < -0.4 is 14.9 Å². The van der Waals surface area contributed by atoms with Crippen LogP contribution in [0.2, 0.25) is 0 Å². The molecule has 5 nitrogen and oxygen atoms in total. The number of nitrogens with zero attached hydrogens (tertiary/aromatic N) is 1. The maximum absolute atomic E-state index is 13.4. The summed E-state index contributed by atoms with van der Waals surface area (Å²) in [5.74, 6) is 0.736. The molecule has 1 amide bonds. The van der Waals surface area contributed by atoms with E-state index < -0.39 is 0 Å². The number of hydrogen-bond donors (Lipinski definition) is 1. The molecule has 2 atom stereocenters. The lowest BCUT2D eigenvalue weighted by molar-refractivity contribution is -0.119. The first-order valence-electron chi connectivity index (χ1n) is 10.6. The number of nitrogens with one attached hydrogen (secondary N) is 1. The van der Waals surface area contributed by atoms with Crippen molar-refractivity contribution in [2.75, 3.05) is 18.2 Å². The maximum atomic E-state index is 13.4. The van der Waals surface area contributed by atoms with Crippen LogP contribution in [0.3, 0.4) is 0 Å². The van der Waals surface area contributed by atoms with E-state index in [9.17, 15) is 9.59 Å². The average Bonchev–Trinajstić information content (AvgIpc) is 3.20. The van der Waals surface area contributed by atoms with Gasteiger partial charge in [0.15, 0.2) is 0 Å². The maximum Gasteiger partial charge on any atom is 0.312 e. The Labute approximate surface area is 200 Å². The van der Waals surface area contributed by atoms with Crippen molar-refractivity contribution >= 4 is 34.7 Å². The van der Waals surface area contributed by atoms with Gasteiger partial charge in [-0.25, -0.2) is 0 Å². The number of methoxy groups -OCH3 is 1. The number of carbonyl (C=O) groups is 1. The summed E-state index contributed by atoms with van der Waals surface area (Å²) < 4.78 is 7.10. The van der Waals surface area contributed by atoms with Gasteiger partial charge in [-0.15, -0.1) is 11.8 Å². The molecule has 5 rings (SSSR count). The second-order valence-electron chi connectivity index (χ2n) is 7.73. The molecule has 33 heavy (non-hydrogen) atoms. The van der Waals surface area contributed by atoms with E-state index in [0.29, 0.717) is 5.75 Å². The van der Waals surface area contributed by atoms with E-state index in [1.165, 1.54) is 11.3 Å². The molecule has 1 aliphatic rings. The van der Waals surface area contributed by atoms with Crippen molar-refractivity contribution in [1.82, 2.24) is 4.57 Å². The van der Waals surface area contributed by atoms with Crippen LogP contribution in [0, 0.1) is 5.92 Å². The van der Waals surface area contributed by atoms with Gasteiger partial charge in [0, 0.05) is 22.2 Å². The Morgan fingerprint density at radius 1 is 0.970 bits per heavy atom. The lowest BCUT2D eigenvalue weighted by atomic mass is 9.85. The normalized spacial score (nSPS) is 17.2. The van der Waals surface area contributed by atoms with E-state index >= 15 is 0 Å². The van der Waals surface area contributed by atoms with E-state index in [0.717, 1.165) is 32.6 Å². The van der Waals surface area contributed by atoms with Gasteiger partial charge in [0.2, 0.25) is 5.91 Å². The number of amides is 1. The zero-order chi connectivity index (χ0) is 22.8. The second kappa shape index (κ2) is 9.29. The predicted octanol–water partition coefficient (Wildman–Crippen LogP) is 5.40. The number of fused-ring (bicyclic) bond motifs is 1. The Kier molecular flexibility index (Phi) is 6.07. The number of carbonyl (C=O) groups excluding carboxylic acids is 1. The van der Waals surface area contributed by atoms with Gasteiger partial charge in [0.05, 0.1) is 23.7 Å². The fourth-order valence-electron chi connectivity index (χ4n) is 4.13. The zero-order valence-corrected chi connectivity index (χ0v) is 19.6. The molecule has 0 saturated heterocycles. The minimum Gasteiger partial charge on any atom is -0.497 e. The number of rotatable bonds is 5. The van der Waals surface area contributed by atoms with E-state index in [1.54, 1.807) is 23.4 Å². The van der Waals surface area contributed by atoms with Crippen LogP contribution in [-0.2, 0) is 4.79 Å². The van der Waals surface area contributed by atoms with Crippen molar-refractivity contribution < 1.29 is 9.53 Å². The molecule has 0 aliphatic carbocycles. The van der Waals surface area contributed by atoms with E-state index in [-0.39, 0.29) is 22.6 Å². The van der Waals surface area contributed by atoms with Gasteiger partial charge in [-0.1, -0.05) is 59.9 Å². The lowest BCUT2D eigenvalue weighted by Crippen LogP contribution is -2.33. The van der Waals surface area contributed by atoms with Crippen LogP contribution >= 0.6 is 23.1 Å². The number of hydrogen-bond acceptors (Lipinski definition) is 5. The molecule has 2 heterocycles. The van der Waals surface area contributed by atoms with E-state index in [2.05, 4.69) is 5.32 Å². The van der Waals surface area contributed by atoms with Gasteiger partial charge in [0.1, 0.15) is 5.75 Å². The fourth-order valence-corrected chi connectivity index (χ4v) is 6.84. The molecule has 7 heteroatoms. The summed E-state index contributed by atoms with van der Waals surface area (Å²) in [5, 5.41) is 3.98. The van der Waals surface area contributed by atoms with Gasteiger partial charge in [0.25, 0.3) is 0 Å². The SMILES string of the molecule is COc1ccc([C@@H]2c3sc(=O)n(-c4ccccc4)c3SC[C@@H]2C(=O)Nc2ccccc2)cc1. The molecule has 1 aromatic heterocycles. The quantitative estimate of drug-likeness (QED) is 0.421. The monoisotopic (exact) mass is 474 g/mol. The van der Waals surface area contributed by atoms with Crippen LogP contribution in [0.15, 0.2) is 94.7 Å². The molecule has 3 aromatic carbocycles. The summed E-state index contributed by atoms with van der Waals surface area (Å²) in [4.78, 5) is 27.4. The first-order valence-corrected chi connectivity index (χ1v) is 12.4. The summed E-state index contributed by atoms with van der Waals surface area (Å²) in [6.45, 7) is 0. The third kappa shape index (κ3) is 4.21. The highest BCUT2D eigenvalue weighted by atomic mass is 32.2. The highest BCUT2D eigenvalue weighted by Crippen LogP contribution is 2.47. The number of anilines is 1. The minimum atomic E-state index is -0.321. The number of thiazole rings is 1. The van der Waals surface area contributed by atoms with Crippen LogP contribution in [0.25, 0.3) is 5.69 Å². The smallest absolute Gasteiger partial charge is 0.312 e. The number of para-hydroxylation sites is 2. The summed E-state index contributed by atoms with van der Waals surface area (Å²) in [6, 6.07) is 26.9. The van der Waals surface area contributed by atoms with Crippen molar-refractivity contribution in [3.8, 4) is 11.4 Å². The number of benzene rings is 3. The van der Waals surface area contributed by atoms with Gasteiger partial charge in [-0.2, -0.15) is 0 Å². The summed E-state index contributed by atoms with van der Waals surface area (Å²) in [6.07, 6.45) is 0. The van der Waals surface area contributed by atoms with Gasteiger partial charge in [-0.05, 0) is 42.0 Å². The Morgan fingerprint density at radius 3 is 2.30 bits per heavy atom. The highest BCUT2D eigenvalue weighted by Gasteiger charge is 2.39. The molecule has 0 bridgehead atoms. The Morgan fingerprint density at radius 2 is 1.64 bits per heavy atom. The Balaban J connectivity index is 1.59. The van der Waals surface area contributed by atoms with Gasteiger partial charge in [-0.3, -0.25) is 14.2 Å². The second-order valence-corrected chi connectivity index (χ2v) is 9.73. The van der Waals surface area contributed by atoms with Crippen molar-refractivity contribution in [2.24, 2.45) is 5.92 Å². The van der Waals surface area contributed by atoms with E-state index in [4.69, 9.17) is 4.74 Å². The highest BCUT2D eigenvalue weighted by molar-refractivity contribution is 7.99. The molecule has 0 radical (unpaired) electrons. The van der Waals surface area contributed by atoms with Crippen molar-refractivity contribution in [1.29, 1.82) is 0 Å². The third-order valence-corrected chi connectivity index (χ3v) is 8.10. The number of thioether (sulfide) groups is 1. The molecule has 166 valence electrons. The first kappa shape index (κ1) is 21.6. The fraction of sp³-hybridized carbons (Fsp3) is 0.154. The largest absolute Gasteiger partial charge is 0.497 e. The van der Waals surface area contributed by atoms with Crippen LogP contribution in [0.5, 0.6) is 5.75 Å². The molecule has 1 N–H and O–H groups in total. The van der Waals surface area contributed by atoms with Crippen LogP contribution in [-0.4, -0.2) is 23.3 Å². The summed E-state index contributed by atoms with van der Waals surface area (Å²) in [5.41, 5.74) is 2.60. The molecule has 0 saturated carbocycles. The minimum absolute atomic E-state index is 0.0404. The predicted molar refractivity (Wildman–Crippen MR) is 134 cm³/mol. The molecular formula is C26H22N2O3S2. The van der Waals surface area contributed by atoms with Crippen LogP contribution in [0.4, 0.5) is 5.69 Å². The first-order chi connectivity index (χ1) is 16.2.